The molecule has 0 unspecified atom stereocenters. The summed E-state index contributed by atoms with van der Waals surface area (Å²) in [6.07, 6.45) is 0. The zero-order chi connectivity index (χ0) is 18.9. The molecule has 7 heteroatoms. The molecule has 0 aliphatic carbocycles. The minimum absolute atomic E-state index is 0.188. The van der Waals surface area contributed by atoms with Gasteiger partial charge < -0.3 is 9.72 Å². The summed E-state index contributed by atoms with van der Waals surface area (Å²) in [7, 11) is -2.16. The maximum Gasteiger partial charge on any atom is 0.338 e. The summed E-state index contributed by atoms with van der Waals surface area (Å²) < 4.78 is 31.6. The van der Waals surface area contributed by atoms with E-state index in [1.807, 2.05) is 19.1 Å². The molecule has 3 aromatic rings. The first-order valence-corrected chi connectivity index (χ1v) is 9.69. The number of aromatic amines is 1. The number of ether oxygens (including phenoxy) is 1. The highest BCUT2D eigenvalue weighted by Gasteiger charge is 2.17. The van der Waals surface area contributed by atoms with E-state index in [9.17, 15) is 13.2 Å². The molecule has 0 fully saturated rings. The molecule has 3 rings (SSSR count). The van der Waals surface area contributed by atoms with Crippen molar-refractivity contribution in [2.75, 3.05) is 13.7 Å². The number of H-pyrrole nitrogens is 1. The number of rotatable bonds is 5. The SMILES string of the molecule is CCOC(=O)c1ccc2[nH]c(C)c(-c3cccc(S(=O)(=O)NC)c3)c2c1. The normalized spacial score (nSPS) is 11.7. The van der Waals surface area contributed by atoms with Crippen molar-refractivity contribution in [1.82, 2.24) is 9.71 Å². The van der Waals surface area contributed by atoms with Crippen LogP contribution in [0.15, 0.2) is 47.4 Å². The number of benzene rings is 2. The summed E-state index contributed by atoms with van der Waals surface area (Å²) in [6, 6.07) is 12.0. The summed E-state index contributed by atoms with van der Waals surface area (Å²) in [5.74, 6) is -0.384. The van der Waals surface area contributed by atoms with E-state index in [-0.39, 0.29) is 10.9 Å². The second kappa shape index (κ2) is 6.93. The van der Waals surface area contributed by atoms with E-state index < -0.39 is 10.0 Å². The van der Waals surface area contributed by atoms with Crippen LogP contribution in [0.5, 0.6) is 0 Å². The number of hydrogen-bond acceptors (Lipinski definition) is 4. The first-order chi connectivity index (χ1) is 12.4. The van der Waals surface area contributed by atoms with Gasteiger partial charge in [0.05, 0.1) is 17.1 Å². The van der Waals surface area contributed by atoms with Crippen LogP contribution < -0.4 is 4.72 Å². The van der Waals surface area contributed by atoms with Crippen molar-refractivity contribution in [3.05, 3.63) is 53.7 Å². The van der Waals surface area contributed by atoms with Crippen molar-refractivity contribution < 1.29 is 17.9 Å². The lowest BCUT2D eigenvalue weighted by Gasteiger charge is -2.07. The Morgan fingerprint density at radius 3 is 2.65 bits per heavy atom. The second-order valence-corrected chi connectivity index (χ2v) is 7.73. The molecule has 0 bridgehead atoms. The fourth-order valence-electron chi connectivity index (χ4n) is 2.98. The first-order valence-electron chi connectivity index (χ1n) is 8.21. The lowest BCUT2D eigenvalue weighted by molar-refractivity contribution is 0.0526. The van der Waals surface area contributed by atoms with Gasteiger partial charge >= 0.3 is 5.97 Å². The minimum atomic E-state index is -3.54. The smallest absolute Gasteiger partial charge is 0.338 e. The molecule has 1 heterocycles. The first kappa shape index (κ1) is 18.2. The standard InChI is InChI=1S/C19H20N2O4S/c1-4-25-19(22)14-8-9-17-16(11-14)18(12(2)21-17)13-6-5-7-15(10-13)26(23,24)20-3/h5-11,20-21H,4H2,1-3H3. The summed E-state index contributed by atoms with van der Waals surface area (Å²) in [5.41, 5.74) is 3.83. The molecule has 0 saturated heterocycles. The number of carbonyl (C=O) groups is 1. The minimum Gasteiger partial charge on any atom is -0.462 e. The van der Waals surface area contributed by atoms with Gasteiger partial charge in [0.15, 0.2) is 0 Å². The zero-order valence-corrected chi connectivity index (χ0v) is 15.6. The molecule has 0 spiro atoms. The maximum atomic E-state index is 12.1. The van der Waals surface area contributed by atoms with E-state index in [1.165, 1.54) is 7.05 Å². The van der Waals surface area contributed by atoms with Crippen molar-refractivity contribution in [2.45, 2.75) is 18.7 Å². The molecular formula is C19H20N2O4S. The molecule has 2 N–H and O–H groups in total. The molecule has 0 aliphatic rings. The van der Waals surface area contributed by atoms with Crippen LogP contribution in [0.3, 0.4) is 0 Å². The average Bonchev–Trinajstić information content (AvgIpc) is 2.96. The van der Waals surface area contributed by atoms with Gasteiger partial charge in [0, 0.05) is 22.2 Å². The van der Waals surface area contributed by atoms with Gasteiger partial charge in [0.25, 0.3) is 0 Å². The van der Waals surface area contributed by atoms with E-state index in [2.05, 4.69) is 9.71 Å². The quantitative estimate of drug-likeness (QED) is 0.673. The van der Waals surface area contributed by atoms with Crippen LogP contribution in [0.1, 0.15) is 23.0 Å². The van der Waals surface area contributed by atoms with Crippen LogP contribution >= 0.6 is 0 Å². The van der Waals surface area contributed by atoms with Crippen molar-refractivity contribution in [3.8, 4) is 11.1 Å². The number of aryl methyl sites for hydroxylation is 1. The Labute approximate surface area is 152 Å². The third-order valence-corrected chi connectivity index (χ3v) is 5.61. The van der Waals surface area contributed by atoms with Crippen LogP contribution in [-0.2, 0) is 14.8 Å². The average molecular weight is 372 g/mol. The Morgan fingerprint density at radius 2 is 1.96 bits per heavy atom. The van der Waals surface area contributed by atoms with Crippen LogP contribution in [0.25, 0.3) is 22.0 Å². The maximum absolute atomic E-state index is 12.1. The number of nitrogens with one attached hydrogen (secondary N) is 2. The highest BCUT2D eigenvalue weighted by molar-refractivity contribution is 7.89. The summed E-state index contributed by atoms with van der Waals surface area (Å²) in [4.78, 5) is 15.5. The van der Waals surface area contributed by atoms with E-state index >= 15 is 0 Å². The molecule has 0 aliphatic heterocycles. The van der Waals surface area contributed by atoms with Gasteiger partial charge in [-0.3, -0.25) is 0 Å². The lowest BCUT2D eigenvalue weighted by Crippen LogP contribution is -2.18. The van der Waals surface area contributed by atoms with Crippen molar-refractivity contribution in [3.63, 3.8) is 0 Å². The fraction of sp³-hybridized carbons (Fsp3) is 0.211. The van der Waals surface area contributed by atoms with Crippen LogP contribution in [0.2, 0.25) is 0 Å². The van der Waals surface area contributed by atoms with Gasteiger partial charge in [-0.05, 0) is 56.8 Å². The highest BCUT2D eigenvalue weighted by atomic mass is 32.2. The van der Waals surface area contributed by atoms with Gasteiger partial charge in [0.1, 0.15) is 0 Å². The largest absolute Gasteiger partial charge is 0.462 e. The van der Waals surface area contributed by atoms with E-state index in [4.69, 9.17) is 4.74 Å². The molecular weight excluding hydrogens is 352 g/mol. The van der Waals surface area contributed by atoms with Crippen LogP contribution in [0.4, 0.5) is 0 Å². The Balaban J connectivity index is 2.19. The number of esters is 1. The predicted octanol–water partition coefficient (Wildman–Crippen LogP) is 3.23. The second-order valence-electron chi connectivity index (χ2n) is 5.84. The number of hydrogen-bond donors (Lipinski definition) is 2. The van der Waals surface area contributed by atoms with Gasteiger partial charge in [-0.1, -0.05) is 12.1 Å². The number of carbonyl (C=O) groups excluding carboxylic acids is 1. The molecule has 0 radical (unpaired) electrons. The Hall–Kier alpha value is -2.64. The van der Waals surface area contributed by atoms with Crippen molar-refractivity contribution in [1.29, 1.82) is 0 Å². The topological polar surface area (TPSA) is 88.3 Å². The van der Waals surface area contributed by atoms with E-state index in [1.54, 1.807) is 37.3 Å². The molecule has 1 aromatic heterocycles. The molecule has 2 aromatic carbocycles. The Morgan fingerprint density at radius 1 is 1.19 bits per heavy atom. The Kier molecular flexibility index (Phi) is 4.84. The summed E-state index contributed by atoms with van der Waals surface area (Å²) in [5, 5.41) is 0.840. The third-order valence-electron chi connectivity index (χ3n) is 4.20. The number of fused-ring (bicyclic) bond motifs is 1. The third kappa shape index (κ3) is 3.23. The van der Waals surface area contributed by atoms with Crippen LogP contribution in [-0.4, -0.2) is 33.0 Å². The van der Waals surface area contributed by atoms with Crippen LogP contribution in [0, 0.1) is 6.92 Å². The van der Waals surface area contributed by atoms with Gasteiger partial charge in [-0.25, -0.2) is 17.9 Å². The Bertz CT molecular complexity index is 1080. The van der Waals surface area contributed by atoms with Crippen molar-refractivity contribution in [2.24, 2.45) is 0 Å². The number of aromatic nitrogens is 1. The summed E-state index contributed by atoms with van der Waals surface area (Å²) >= 11 is 0. The van der Waals surface area contributed by atoms with Gasteiger partial charge in [0.2, 0.25) is 10.0 Å². The predicted molar refractivity (Wildman–Crippen MR) is 101 cm³/mol. The van der Waals surface area contributed by atoms with E-state index in [0.29, 0.717) is 12.2 Å². The lowest BCUT2D eigenvalue weighted by atomic mass is 10.0. The zero-order valence-electron chi connectivity index (χ0n) is 14.8. The molecule has 0 saturated carbocycles. The highest BCUT2D eigenvalue weighted by Crippen LogP contribution is 2.33. The number of sulfonamides is 1. The monoisotopic (exact) mass is 372 g/mol. The summed E-state index contributed by atoms with van der Waals surface area (Å²) in [6.45, 7) is 3.98. The molecule has 6 nitrogen and oxygen atoms in total. The van der Waals surface area contributed by atoms with Gasteiger partial charge in [-0.2, -0.15) is 0 Å². The molecule has 26 heavy (non-hydrogen) atoms. The van der Waals surface area contributed by atoms with Gasteiger partial charge in [-0.15, -0.1) is 0 Å². The molecule has 0 amide bonds. The fourth-order valence-corrected chi connectivity index (χ4v) is 3.75. The van der Waals surface area contributed by atoms with E-state index in [0.717, 1.165) is 27.7 Å². The molecule has 0 atom stereocenters. The van der Waals surface area contributed by atoms with Crippen molar-refractivity contribution >= 4 is 26.9 Å². The molecule has 136 valence electrons.